The van der Waals surface area contributed by atoms with Crippen LogP contribution in [0.4, 0.5) is 0 Å². The molecule has 0 aromatic rings. The van der Waals surface area contributed by atoms with Gasteiger partial charge in [0.15, 0.2) is 0 Å². The fourth-order valence-electron chi connectivity index (χ4n) is 1.90. The van der Waals surface area contributed by atoms with Gasteiger partial charge in [0.25, 0.3) is 0 Å². The zero-order chi connectivity index (χ0) is 11.5. The molecule has 0 aliphatic rings. The molecule has 1 unspecified atom stereocenters. The van der Waals surface area contributed by atoms with Gasteiger partial charge >= 0.3 is 0 Å². The molecule has 2 heteroatoms. The maximum Gasteiger partial charge on any atom is 0.00649 e. The van der Waals surface area contributed by atoms with Crippen LogP contribution in [0.15, 0.2) is 0 Å². The Bertz CT molecular complexity index is 126. The molecule has 0 aromatic carbocycles. The minimum Gasteiger partial charge on any atom is -0.314 e. The van der Waals surface area contributed by atoms with Gasteiger partial charge < -0.3 is 10.2 Å². The van der Waals surface area contributed by atoms with E-state index in [-0.39, 0.29) is 0 Å². The molecule has 0 aliphatic carbocycles. The summed E-state index contributed by atoms with van der Waals surface area (Å²) in [6.07, 6.45) is 6.42. The average Bonchev–Trinajstić information content (AvgIpc) is 2.23. The number of hydrogen-bond acceptors (Lipinski definition) is 2. The van der Waals surface area contributed by atoms with Crippen LogP contribution < -0.4 is 5.32 Å². The van der Waals surface area contributed by atoms with Crippen molar-refractivity contribution in [3.8, 4) is 0 Å². The monoisotopic (exact) mass is 214 g/mol. The molecule has 0 saturated carbocycles. The Morgan fingerprint density at radius 1 is 1.07 bits per heavy atom. The van der Waals surface area contributed by atoms with Gasteiger partial charge in [-0.2, -0.15) is 0 Å². The maximum absolute atomic E-state index is 3.61. The van der Waals surface area contributed by atoms with E-state index in [9.17, 15) is 0 Å². The molecule has 0 saturated heterocycles. The van der Waals surface area contributed by atoms with Gasteiger partial charge in [0.1, 0.15) is 0 Å². The summed E-state index contributed by atoms with van der Waals surface area (Å²) in [5, 5.41) is 3.61. The maximum atomic E-state index is 3.61. The predicted octanol–water partition coefficient (Wildman–Crippen LogP) is 2.89. The normalized spacial score (nSPS) is 13.4. The number of nitrogens with one attached hydrogen (secondary N) is 1. The lowest BCUT2D eigenvalue weighted by Gasteiger charge is -2.19. The van der Waals surface area contributed by atoms with E-state index in [4.69, 9.17) is 0 Å². The Labute approximate surface area is 96.4 Å². The van der Waals surface area contributed by atoms with Crippen LogP contribution in [-0.4, -0.2) is 37.6 Å². The van der Waals surface area contributed by atoms with Gasteiger partial charge in [-0.15, -0.1) is 0 Å². The van der Waals surface area contributed by atoms with Gasteiger partial charge in [0, 0.05) is 6.04 Å². The molecule has 0 radical (unpaired) electrons. The van der Waals surface area contributed by atoms with Crippen LogP contribution >= 0.6 is 0 Å². The number of rotatable bonds is 10. The van der Waals surface area contributed by atoms with Crippen molar-refractivity contribution in [3.63, 3.8) is 0 Å². The third-order valence-electron chi connectivity index (χ3n) is 2.87. The Balaban J connectivity index is 3.44. The summed E-state index contributed by atoms with van der Waals surface area (Å²) in [5.41, 5.74) is 0. The lowest BCUT2D eigenvalue weighted by Crippen LogP contribution is -2.30. The van der Waals surface area contributed by atoms with Gasteiger partial charge in [-0.3, -0.25) is 0 Å². The molecule has 1 N–H and O–H groups in total. The van der Waals surface area contributed by atoms with E-state index in [0.29, 0.717) is 0 Å². The molecule has 0 aromatic heterocycles. The van der Waals surface area contributed by atoms with E-state index in [0.717, 1.165) is 6.04 Å². The fraction of sp³-hybridized carbons (Fsp3) is 1.00. The number of hydrogen-bond donors (Lipinski definition) is 1. The minimum atomic E-state index is 0.736. The van der Waals surface area contributed by atoms with E-state index in [1.165, 1.54) is 51.7 Å². The van der Waals surface area contributed by atoms with Crippen molar-refractivity contribution in [1.82, 2.24) is 10.2 Å². The second kappa shape index (κ2) is 10.4. The van der Waals surface area contributed by atoms with Crippen molar-refractivity contribution in [1.29, 1.82) is 0 Å². The van der Waals surface area contributed by atoms with Crippen molar-refractivity contribution in [2.75, 3.05) is 26.7 Å². The summed E-state index contributed by atoms with van der Waals surface area (Å²) in [7, 11) is 2.23. The predicted molar refractivity (Wildman–Crippen MR) is 69.4 cm³/mol. The third-order valence-corrected chi connectivity index (χ3v) is 2.87. The average molecular weight is 214 g/mol. The quantitative estimate of drug-likeness (QED) is 0.601. The Morgan fingerprint density at radius 3 is 2.33 bits per heavy atom. The van der Waals surface area contributed by atoms with E-state index >= 15 is 0 Å². The molecule has 0 rings (SSSR count). The summed E-state index contributed by atoms with van der Waals surface area (Å²) in [5.74, 6) is 0. The highest BCUT2D eigenvalue weighted by Crippen LogP contribution is 2.03. The molecule has 0 fully saturated rings. The first-order valence-corrected chi connectivity index (χ1v) is 6.66. The van der Waals surface area contributed by atoms with Crippen molar-refractivity contribution < 1.29 is 0 Å². The highest BCUT2D eigenvalue weighted by Gasteiger charge is 2.05. The van der Waals surface area contributed by atoms with Crippen molar-refractivity contribution >= 4 is 0 Å². The first kappa shape index (κ1) is 14.9. The standard InChI is InChI=1S/C13H30N2/c1-5-10-14-13(7-3)9-8-12-15(4)11-6-2/h13-14H,5-12H2,1-4H3. The summed E-state index contributed by atoms with van der Waals surface area (Å²) in [4.78, 5) is 2.44. The van der Waals surface area contributed by atoms with Gasteiger partial charge in [0.05, 0.1) is 0 Å². The molecule has 0 bridgehead atoms. The molecular formula is C13H30N2. The van der Waals surface area contributed by atoms with E-state index in [1.54, 1.807) is 0 Å². The Morgan fingerprint density at radius 2 is 1.80 bits per heavy atom. The largest absolute Gasteiger partial charge is 0.314 e. The van der Waals surface area contributed by atoms with Crippen molar-refractivity contribution in [3.05, 3.63) is 0 Å². The zero-order valence-electron chi connectivity index (χ0n) is 11.2. The van der Waals surface area contributed by atoms with Crippen LogP contribution in [0, 0.1) is 0 Å². The van der Waals surface area contributed by atoms with Crippen LogP contribution in [0.2, 0.25) is 0 Å². The van der Waals surface area contributed by atoms with E-state index in [2.05, 4.69) is 38.0 Å². The molecule has 0 spiro atoms. The molecule has 1 atom stereocenters. The second-order valence-corrected chi connectivity index (χ2v) is 4.50. The van der Waals surface area contributed by atoms with Gasteiger partial charge in [-0.05, 0) is 58.8 Å². The van der Waals surface area contributed by atoms with E-state index in [1.807, 2.05) is 0 Å². The summed E-state index contributed by atoms with van der Waals surface area (Å²) >= 11 is 0. The van der Waals surface area contributed by atoms with Crippen LogP contribution in [0.3, 0.4) is 0 Å². The van der Waals surface area contributed by atoms with Crippen molar-refractivity contribution in [2.45, 2.75) is 58.9 Å². The smallest absolute Gasteiger partial charge is 0.00649 e. The first-order valence-electron chi connectivity index (χ1n) is 6.66. The van der Waals surface area contributed by atoms with E-state index < -0.39 is 0 Å². The second-order valence-electron chi connectivity index (χ2n) is 4.50. The van der Waals surface area contributed by atoms with Crippen LogP contribution in [0.5, 0.6) is 0 Å². The minimum absolute atomic E-state index is 0.736. The highest BCUT2D eigenvalue weighted by atomic mass is 15.1. The van der Waals surface area contributed by atoms with Gasteiger partial charge in [-0.25, -0.2) is 0 Å². The van der Waals surface area contributed by atoms with Crippen molar-refractivity contribution in [2.24, 2.45) is 0 Å². The van der Waals surface area contributed by atoms with Crippen LogP contribution in [0.25, 0.3) is 0 Å². The van der Waals surface area contributed by atoms with Crippen LogP contribution in [0.1, 0.15) is 52.9 Å². The SMILES string of the molecule is CCCNC(CC)CCCN(C)CCC. The first-order chi connectivity index (χ1) is 7.24. The molecule has 0 heterocycles. The number of nitrogens with zero attached hydrogens (tertiary/aromatic N) is 1. The third kappa shape index (κ3) is 8.88. The fourth-order valence-corrected chi connectivity index (χ4v) is 1.90. The topological polar surface area (TPSA) is 15.3 Å². The zero-order valence-corrected chi connectivity index (χ0v) is 11.2. The van der Waals surface area contributed by atoms with Crippen LogP contribution in [-0.2, 0) is 0 Å². The summed E-state index contributed by atoms with van der Waals surface area (Å²) < 4.78 is 0. The molecule has 15 heavy (non-hydrogen) atoms. The Hall–Kier alpha value is -0.0800. The highest BCUT2D eigenvalue weighted by molar-refractivity contribution is 4.65. The van der Waals surface area contributed by atoms with Gasteiger partial charge in [-0.1, -0.05) is 20.8 Å². The molecule has 0 aliphatic heterocycles. The molecule has 92 valence electrons. The lowest BCUT2D eigenvalue weighted by atomic mass is 10.1. The lowest BCUT2D eigenvalue weighted by molar-refractivity contribution is 0.314. The molecule has 0 amide bonds. The molecule has 2 nitrogen and oxygen atoms in total. The molecular weight excluding hydrogens is 184 g/mol. The Kier molecular flexibility index (Phi) is 10.4. The van der Waals surface area contributed by atoms with Gasteiger partial charge in [0.2, 0.25) is 0 Å². The summed E-state index contributed by atoms with van der Waals surface area (Å²) in [6, 6.07) is 0.736. The summed E-state index contributed by atoms with van der Waals surface area (Å²) in [6.45, 7) is 10.4.